The van der Waals surface area contributed by atoms with Crippen molar-refractivity contribution in [1.29, 1.82) is 0 Å². The summed E-state index contributed by atoms with van der Waals surface area (Å²) in [5.74, 6) is 0.0244. The van der Waals surface area contributed by atoms with E-state index in [0.717, 1.165) is 11.1 Å². The van der Waals surface area contributed by atoms with Crippen LogP contribution in [0.1, 0.15) is 38.8 Å². The van der Waals surface area contributed by atoms with Crippen molar-refractivity contribution in [3.8, 4) is 11.5 Å². The number of hydrogen-bond donors (Lipinski definition) is 1. The second-order valence-electron chi connectivity index (χ2n) is 8.10. The minimum absolute atomic E-state index is 0.173. The fraction of sp³-hybridized carbons (Fsp3) is 0.231. The van der Waals surface area contributed by atoms with Crippen molar-refractivity contribution in [3.63, 3.8) is 0 Å². The number of benzene rings is 2. The zero-order valence-corrected chi connectivity index (χ0v) is 18.7. The molecule has 2 aromatic carbocycles. The highest BCUT2D eigenvalue weighted by molar-refractivity contribution is 5.87. The molecule has 0 saturated heterocycles. The Kier molecular flexibility index (Phi) is 8.41. The van der Waals surface area contributed by atoms with E-state index in [1.807, 2.05) is 0 Å². The molecule has 0 saturated carbocycles. The van der Waals surface area contributed by atoms with E-state index in [9.17, 15) is 14.7 Å². The maximum absolute atomic E-state index is 12.0. The Balaban J connectivity index is 2.09. The van der Waals surface area contributed by atoms with Crippen molar-refractivity contribution in [2.24, 2.45) is 0 Å². The summed E-state index contributed by atoms with van der Waals surface area (Å²) in [5, 5.41) is 9.39. The summed E-state index contributed by atoms with van der Waals surface area (Å²) in [6, 6.07) is 13.5. The van der Waals surface area contributed by atoms with E-state index in [-0.39, 0.29) is 5.75 Å². The molecule has 0 aliphatic rings. The Morgan fingerprint density at radius 1 is 0.938 bits per heavy atom. The largest absolute Gasteiger partial charge is 0.514 e. The summed E-state index contributed by atoms with van der Waals surface area (Å²) in [4.78, 5) is 23.7. The normalized spacial score (nSPS) is 12.5. The minimum Gasteiger partial charge on any atom is -0.508 e. The van der Waals surface area contributed by atoms with Gasteiger partial charge >= 0.3 is 12.1 Å². The molecule has 168 valence electrons. The first-order valence-electron chi connectivity index (χ1n) is 10.0. The van der Waals surface area contributed by atoms with Crippen LogP contribution in [-0.4, -0.2) is 28.9 Å². The van der Waals surface area contributed by atoms with Gasteiger partial charge in [0.25, 0.3) is 0 Å². The molecule has 0 radical (unpaired) electrons. The molecule has 0 heterocycles. The Bertz CT molecular complexity index is 992. The van der Waals surface area contributed by atoms with E-state index >= 15 is 0 Å². The molecule has 0 bridgehead atoms. The van der Waals surface area contributed by atoms with E-state index in [4.69, 9.17) is 14.2 Å². The number of rotatable bonds is 7. The Morgan fingerprint density at radius 2 is 1.44 bits per heavy atom. The van der Waals surface area contributed by atoms with Gasteiger partial charge in [0.1, 0.15) is 23.2 Å². The number of ether oxygens (including phenoxy) is 3. The molecule has 2 rings (SSSR count). The summed E-state index contributed by atoms with van der Waals surface area (Å²) in [5.41, 5.74) is 1.32. The first kappa shape index (κ1) is 24.5. The third-order valence-electron chi connectivity index (χ3n) is 3.91. The average Bonchev–Trinajstić information content (AvgIpc) is 2.70. The van der Waals surface area contributed by atoms with E-state index in [1.165, 1.54) is 0 Å². The third-order valence-corrected chi connectivity index (χ3v) is 3.91. The molecule has 6 heteroatoms. The lowest BCUT2D eigenvalue weighted by Gasteiger charge is -2.18. The van der Waals surface area contributed by atoms with Gasteiger partial charge in [0.15, 0.2) is 0 Å². The molecular formula is C26H28O6. The molecule has 32 heavy (non-hydrogen) atoms. The molecule has 0 aromatic heterocycles. The Morgan fingerprint density at radius 3 is 1.91 bits per heavy atom. The summed E-state index contributed by atoms with van der Waals surface area (Å²) >= 11 is 0. The van der Waals surface area contributed by atoms with Gasteiger partial charge in [-0.1, -0.05) is 43.0 Å². The van der Waals surface area contributed by atoms with Crippen LogP contribution >= 0.6 is 0 Å². The Labute approximate surface area is 188 Å². The molecule has 0 fully saturated rings. The first-order valence-corrected chi connectivity index (χ1v) is 10.0. The van der Waals surface area contributed by atoms with Gasteiger partial charge in [-0.3, -0.25) is 0 Å². The number of carbonyl (C=O) groups is 2. The van der Waals surface area contributed by atoms with Gasteiger partial charge in [-0.25, -0.2) is 9.59 Å². The number of aromatic hydroxyl groups is 1. The van der Waals surface area contributed by atoms with E-state index in [2.05, 4.69) is 6.58 Å². The average molecular weight is 437 g/mol. The highest BCUT2D eigenvalue weighted by Gasteiger charge is 2.18. The minimum atomic E-state index is -0.771. The van der Waals surface area contributed by atoms with Gasteiger partial charge in [0.2, 0.25) is 0 Å². The van der Waals surface area contributed by atoms with Crippen molar-refractivity contribution < 1.29 is 28.9 Å². The quantitative estimate of drug-likeness (QED) is 0.330. The summed E-state index contributed by atoms with van der Waals surface area (Å²) in [6.07, 6.45) is 5.62. The van der Waals surface area contributed by atoms with Crippen LogP contribution in [-0.2, 0) is 14.3 Å². The molecular weight excluding hydrogens is 408 g/mol. The zero-order chi connectivity index (χ0) is 23.7. The second-order valence-corrected chi connectivity index (χ2v) is 8.10. The molecule has 0 aliphatic heterocycles. The van der Waals surface area contributed by atoms with Gasteiger partial charge in [0.05, 0.1) is 0 Å². The standard InChI is InChI=1S/C26H28O6/c1-18(2)24(28)30-22(14-8-19-6-12-21(27)13-7-19)15-9-20-10-16-23(17-11-20)31-25(29)32-26(3,4)5/h6-17,22,27H,1H2,2-5H3. The van der Waals surface area contributed by atoms with Gasteiger partial charge < -0.3 is 19.3 Å². The molecule has 6 nitrogen and oxygen atoms in total. The predicted molar refractivity (Wildman–Crippen MR) is 124 cm³/mol. The van der Waals surface area contributed by atoms with Gasteiger partial charge in [0, 0.05) is 5.57 Å². The molecule has 0 spiro atoms. The lowest BCUT2D eigenvalue weighted by atomic mass is 10.1. The molecule has 1 N–H and O–H groups in total. The molecule has 1 unspecified atom stereocenters. The molecule has 0 amide bonds. The van der Waals surface area contributed by atoms with Crippen LogP contribution in [0, 0.1) is 0 Å². The topological polar surface area (TPSA) is 82.1 Å². The number of phenolic OH excluding ortho intramolecular Hbond substituents is 1. The molecule has 2 aromatic rings. The van der Waals surface area contributed by atoms with Crippen LogP contribution in [0.25, 0.3) is 12.2 Å². The van der Waals surface area contributed by atoms with Crippen LogP contribution < -0.4 is 4.74 Å². The summed E-state index contributed by atoms with van der Waals surface area (Å²) in [7, 11) is 0. The zero-order valence-electron chi connectivity index (χ0n) is 18.7. The predicted octanol–water partition coefficient (Wildman–Crippen LogP) is 5.92. The van der Waals surface area contributed by atoms with Crippen molar-refractivity contribution in [3.05, 3.63) is 84.0 Å². The summed E-state index contributed by atoms with van der Waals surface area (Å²) < 4.78 is 15.7. The number of phenols is 1. The second kappa shape index (κ2) is 11.0. The van der Waals surface area contributed by atoms with E-state index in [1.54, 1.807) is 101 Å². The van der Waals surface area contributed by atoms with E-state index < -0.39 is 23.8 Å². The maximum atomic E-state index is 12.0. The first-order chi connectivity index (χ1) is 15.0. The van der Waals surface area contributed by atoms with Gasteiger partial charge in [-0.15, -0.1) is 0 Å². The van der Waals surface area contributed by atoms with Crippen LogP contribution in [0.2, 0.25) is 0 Å². The molecule has 0 aliphatic carbocycles. The van der Waals surface area contributed by atoms with Crippen LogP contribution in [0.3, 0.4) is 0 Å². The monoisotopic (exact) mass is 436 g/mol. The number of esters is 1. The van der Waals surface area contributed by atoms with Crippen molar-refractivity contribution in [2.75, 3.05) is 0 Å². The fourth-order valence-electron chi connectivity index (χ4n) is 2.38. The highest BCUT2D eigenvalue weighted by Crippen LogP contribution is 2.17. The fourth-order valence-corrected chi connectivity index (χ4v) is 2.38. The van der Waals surface area contributed by atoms with Crippen molar-refractivity contribution >= 4 is 24.3 Å². The van der Waals surface area contributed by atoms with Crippen molar-refractivity contribution in [1.82, 2.24) is 0 Å². The Hall–Kier alpha value is -3.80. The highest BCUT2D eigenvalue weighted by atomic mass is 16.7. The van der Waals surface area contributed by atoms with Crippen LogP contribution in [0.4, 0.5) is 4.79 Å². The number of carbonyl (C=O) groups excluding carboxylic acids is 2. The third kappa shape index (κ3) is 8.92. The van der Waals surface area contributed by atoms with Gasteiger partial charge in [-0.05, 0) is 75.2 Å². The maximum Gasteiger partial charge on any atom is 0.514 e. The SMILES string of the molecule is C=C(C)C(=O)OC(C=Cc1ccc(O)cc1)C=Cc1ccc(OC(=O)OC(C)(C)C)cc1. The molecule has 1 atom stereocenters. The van der Waals surface area contributed by atoms with E-state index in [0.29, 0.717) is 11.3 Å². The van der Waals surface area contributed by atoms with Crippen LogP contribution in [0.5, 0.6) is 11.5 Å². The lowest BCUT2D eigenvalue weighted by molar-refractivity contribution is -0.140. The lowest BCUT2D eigenvalue weighted by Crippen LogP contribution is -2.25. The number of hydrogen-bond acceptors (Lipinski definition) is 6. The van der Waals surface area contributed by atoms with Gasteiger partial charge in [-0.2, -0.15) is 0 Å². The van der Waals surface area contributed by atoms with Crippen LogP contribution in [0.15, 0.2) is 72.8 Å². The van der Waals surface area contributed by atoms with Crippen molar-refractivity contribution in [2.45, 2.75) is 39.4 Å². The summed E-state index contributed by atoms with van der Waals surface area (Å²) in [6.45, 7) is 10.5. The smallest absolute Gasteiger partial charge is 0.508 e.